The summed E-state index contributed by atoms with van der Waals surface area (Å²) in [6.45, 7) is 1.09. The lowest BCUT2D eigenvalue weighted by Crippen LogP contribution is -2.14. The van der Waals surface area contributed by atoms with Crippen LogP contribution in [0.3, 0.4) is 0 Å². The van der Waals surface area contributed by atoms with E-state index >= 15 is 0 Å². The second-order valence-corrected chi connectivity index (χ2v) is 7.36. The Morgan fingerprint density at radius 3 is 2.48 bits per heavy atom. The number of nitrogens with zero attached hydrogens (tertiary/aromatic N) is 2. The third kappa shape index (κ3) is 4.38. The topological polar surface area (TPSA) is 56.5 Å². The smallest absolute Gasteiger partial charge is 0.176 e. The van der Waals surface area contributed by atoms with E-state index in [1.165, 1.54) is 0 Å². The van der Waals surface area contributed by atoms with E-state index in [2.05, 4.69) is 15.9 Å². The zero-order valence-corrected chi connectivity index (χ0v) is 17.4. The first-order chi connectivity index (χ1) is 14.2. The van der Waals surface area contributed by atoms with Crippen molar-refractivity contribution in [2.75, 3.05) is 13.2 Å². The van der Waals surface area contributed by atoms with Gasteiger partial charge in [-0.3, -0.25) is 0 Å². The molecule has 4 aromatic rings. The number of halogens is 1. The van der Waals surface area contributed by atoms with Gasteiger partial charge in [-0.25, -0.2) is 4.98 Å². The van der Waals surface area contributed by atoms with E-state index in [-0.39, 0.29) is 5.75 Å². The van der Waals surface area contributed by atoms with Gasteiger partial charge in [-0.05, 0) is 53.0 Å². The van der Waals surface area contributed by atoms with Crippen molar-refractivity contribution in [1.82, 2.24) is 9.71 Å². The molecular formula is C23H21BrN2O3. The molecule has 4 rings (SSSR count). The molecule has 0 spiro atoms. The fraction of sp³-hybridized carbons (Fsp3) is 0.174. The number of hydrogen-bond acceptors (Lipinski definition) is 4. The number of aromatic hydroxyl groups is 1. The average molecular weight is 453 g/mol. The van der Waals surface area contributed by atoms with Crippen LogP contribution in [0.25, 0.3) is 22.4 Å². The van der Waals surface area contributed by atoms with E-state index in [1.807, 2.05) is 65.4 Å². The molecule has 0 bridgehead atoms. The Labute approximate surface area is 177 Å². The predicted molar refractivity (Wildman–Crippen MR) is 117 cm³/mol. The van der Waals surface area contributed by atoms with Gasteiger partial charge in [0.15, 0.2) is 5.82 Å². The molecule has 0 aliphatic carbocycles. The van der Waals surface area contributed by atoms with Crippen molar-refractivity contribution < 1.29 is 14.7 Å². The van der Waals surface area contributed by atoms with Crippen LogP contribution in [0.2, 0.25) is 0 Å². The lowest BCUT2D eigenvalue weighted by Gasteiger charge is -2.12. The van der Waals surface area contributed by atoms with Crippen LogP contribution in [-0.2, 0) is 0 Å². The molecule has 1 aromatic heterocycles. The maximum absolute atomic E-state index is 9.70. The molecule has 5 nitrogen and oxygen atoms in total. The van der Waals surface area contributed by atoms with Crippen molar-refractivity contribution in [3.8, 4) is 22.9 Å². The Morgan fingerprint density at radius 1 is 0.862 bits per heavy atom. The van der Waals surface area contributed by atoms with Gasteiger partial charge in [-0.2, -0.15) is 4.73 Å². The SMILES string of the molecule is Oc1cccc(OCCCCOn2c(-c3ccccc3)nc3ccccc32)c1Br. The summed E-state index contributed by atoms with van der Waals surface area (Å²) in [7, 11) is 0. The molecule has 0 aliphatic rings. The molecule has 0 atom stereocenters. The molecular weight excluding hydrogens is 432 g/mol. The van der Waals surface area contributed by atoms with Gasteiger partial charge in [0.05, 0.1) is 12.1 Å². The van der Waals surface area contributed by atoms with Crippen LogP contribution in [0.1, 0.15) is 12.8 Å². The molecule has 6 heteroatoms. The maximum Gasteiger partial charge on any atom is 0.176 e. The number of rotatable bonds is 8. The van der Waals surface area contributed by atoms with Gasteiger partial charge in [-0.15, -0.1) is 0 Å². The summed E-state index contributed by atoms with van der Waals surface area (Å²) in [6, 6.07) is 23.2. The lowest BCUT2D eigenvalue weighted by molar-refractivity contribution is 0.115. The van der Waals surface area contributed by atoms with Gasteiger partial charge in [0.25, 0.3) is 0 Å². The largest absolute Gasteiger partial charge is 0.507 e. The van der Waals surface area contributed by atoms with Crippen LogP contribution in [0, 0.1) is 0 Å². The number of unbranched alkanes of at least 4 members (excludes halogenated alkanes) is 1. The highest BCUT2D eigenvalue weighted by Gasteiger charge is 2.13. The van der Waals surface area contributed by atoms with Crippen LogP contribution >= 0.6 is 15.9 Å². The Bertz CT molecular complexity index is 1100. The van der Waals surface area contributed by atoms with E-state index in [0.717, 1.165) is 35.3 Å². The number of aromatic nitrogens is 2. The summed E-state index contributed by atoms with van der Waals surface area (Å²) in [5.74, 6) is 1.61. The van der Waals surface area contributed by atoms with Gasteiger partial charge in [-0.1, -0.05) is 48.5 Å². The minimum Gasteiger partial charge on any atom is -0.507 e. The van der Waals surface area contributed by atoms with Crippen LogP contribution in [0.4, 0.5) is 0 Å². The highest BCUT2D eigenvalue weighted by atomic mass is 79.9. The van der Waals surface area contributed by atoms with E-state index in [1.54, 1.807) is 12.1 Å². The Hall–Kier alpha value is -2.99. The maximum atomic E-state index is 9.70. The molecule has 0 amide bonds. The normalized spacial score (nSPS) is 10.9. The molecule has 29 heavy (non-hydrogen) atoms. The average Bonchev–Trinajstić information content (AvgIpc) is 3.13. The minimum atomic E-state index is 0.172. The van der Waals surface area contributed by atoms with Crippen LogP contribution in [0.5, 0.6) is 11.5 Å². The van der Waals surface area contributed by atoms with E-state index in [4.69, 9.17) is 14.6 Å². The van der Waals surface area contributed by atoms with Crippen molar-refractivity contribution in [2.45, 2.75) is 12.8 Å². The first-order valence-electron chi connectivity index (χ1n) is 9.50. The number of para-hydroxylation sites is 2. The number of benzene rings is 3. The molecule has 1 N–H and O–H groups in total. The molecule has 1 heterocycles. The molecule has 3 aromatic carbocycles. The standard InChI is InChI=1S/C23H21BrN2O3/c24-22-20(27)13-8-14-21(22)28-15-6-7-16-29-26-19-12-5-4-11-18(19)25-23(26)17-9-2-1-3-10-17/h1-5,8-14,27H,6-7,15-16H2. The van der Waals surface area contributed by atoms with Crippen molar-refractivity contribution in [3.05, 3.63) is 77.3 Å². The Kier molecular flexibility index (Phi) is 6.00. The van der Waals surface area contributed by atoms with E-state index in [9.17, 15) is 5.11 Å². The fourth-order valence-electron chi connectivity index (χ4n) is 3.06. The quantitative estimate of drug-likeness (QED) is 0.360. The first kappa shape index (κ1) is 19.3. The fourth-order valence-corrected chi connectivity index (χ4v) is 3.44. The summed E-state index contributed by atoms with van der Waals surface area (Å²) in [4.78, 5) is 10.8. The van der Waals surface area contributed by atoms with Crippen LogP contribution < -0.4 is 9.57 Å². The van der Waals surface area contributed by atoms with Gasteiger partial charge < -0.3 is 14.7 Å². The number of phenols is 1. The molecule has 0 saturated heterocycles. The Morgan fingerprint density at radius 2 is 1.62 bits per heavy atom. The van der Waals surface area contributed by atoms with Crippen molar-refractivity contribution in [1.29, 1.82) is 0 Å². The number of fused-ring (bicyclic) bond motifs is 1. The molecule has 0 aliphatic heterocycles. The van der Waals surface area contributed by atoms with Gasteiger partial charge >= 0.3 is 0 Å². The third-order valence-electron chi connectivity index (χ3n) is 4.51. The first-order valence-corrected chi connectivity index (χ1v) is 10.3. The monoisotopic (exact) mass is 452 g/mol. The van der Waals surface area contributed by atoms with E-state index < -0.39 is 0 Å². The molecule has 0 fully saturated rings. The second kappa shape index (κ2) is 9.01. The summed E-state index contributed by atoms with van der Waals surface area (Å²) >= 11 is 3.33. The number of phenolic OH excluding ortho intramolecular Hbond substituents is 1. The number of ether oxygens (including phenoxy) is 1. The summed E-state index contributed by atoms with van der Waals surface area (Å²) in [6.07, 6.45) is 1.66. The minimum absolute atomic E-state index is 0.172. The van der Waals surface area contributed by atoms with Gasteiger partial charge in [0, 0.05) is 5.56 Å². The van der Waals surface area contributed by atoms with Crippen molar-refractivity contribution >= 4 is 27.0 Å². The number of imidazole rings is 1. The van der Waals surface area contributed by atoms with Crippen LogP contribution in [-0.4, -0.2) is 28.0 Å². The molecule has 0 saturated carbocycles. The predicted octanol–water partition coefficient (Wildman–Crippen LogP) is 5.46. The second-order valence-electron chi connectivity index (χ2n) is 6.56. The summed E-state index contributed by atoms with van der Waals surface area (Å²) in [5.41, 5.74) is 2.87. The highest BCUT2D eigenvalue weighted by Crippen LogP contribution is 2.33. The van der Waals surface area contributed by atoms with E-state index in [0.29, 0.717) is 23.4 Å². The highest BCUT2D eigenvalue weighted by molar-refractivity contribution is 9.10. The molecule has 0 radical (unpaired) electrons. The lowest BCUT2D eigenvalue weighted by atomic mass is 10.2. The zero-order valence-electron chi connectivity index (χ0n) is 15.8. The molecule has 0 unspecified atom stereocenters. The van der Waals surface area contributed by atoms with Gasteiger partial charge in [0.1, 0.15) is 28.1 Å². The number of hydrogen-bond donors (Lipinski definition) is 1. The van der Waals surface area contributed by atoms with Gasteiger partial charge in [0.2, 0.25) is 0 Å². The third-order valence-corrected chi connectivity index (χ3v) is 5.31. The summed E-state index contributed by atoms with van der Waals surface area (Å²) < 4.78 is 8.13. The van der Waals surface area contributed by atoms with Crippen LogP contribution in [0.15, 0.2) is 77.3 Å². The Balaban J connectivity index is 1.38. The van der Waals surface area contributed by atoms with Crippen molar-refractivity contribution in [2.24, 2.45) is 0 Å². The zero-order chi connectivity index (χ0) is 20.1. The van der Waals surface area contributed by atoms with Crippen molar-refractivity contribution in [3.63, 3.8) is 0 Å². The summed E-state index contributed by atoms with van der Waals surface area (Å²) in [5, 5.41) is 9.70. The molecule has 148 valence electrons.